The Kier molecular flexibility index (Phi) is 6.22. The van der Waals surface area contributed by atoms with Gasteiger partial charge < -0.3 is 10.6 Å². The van der Waals surface area contributed by atoms with E-state index in [1.165, 1.54) is 0 Å². The minimum atomic E-state index is -0.284. The van der Waals surface area contributed by atoms with Gasteiger partial charge in [0.2, 0.25) is 0 Å². The van der Waals surface area contributed by atoms with Crippen LogP contribution < -0.4 is 10.6 Å². The van der Waals surface area contributed by atoms with Crippen molar-refractivity contribution in [2.24, 2.45) is 0 Å². The second kappa shape index (κ2) is 9.24. The highest BCUT2D eigenvalue weighted by molar-refractivity contribution is 6.13. The maximum atomic E-state index is 13.4. The van der Waals surface area contributed by atoms with Crippen LogP contribution in [0.1, 0.15) is 53.1 Å². The van der Waals surface area contributed by atoms with Crippen LogP contribution in [0.3, 0.4) is 0 Å². The van der Waals surface area contributed by atoms with Crippen molar-refractivity contribution in [3.05, 3.63) is 77.5 Å². The third kappa shape index (κ3) is 4.48. The van der Waals surface area contributed by atoms with Crippen molar-refractivity contribution in [3.63, 3.8) is 0 Å². The van der Waals surface area contributed by atoms with Crippen molar-refractivity contribution in [2.75, 3.05) is 11.9 Å². The van der Waals surface area contributed by atoms with Crippen LogP contribution >= 0.6 is 0 Å². The number of nitrogens with zero attached hydrogens (tertiary/aromatic N) is 3. The largest absolute Gasteiger partial charge is 0.352 e. The maximum Gasteiger partial charge on any atom is 0.256 e. The average Bonchev–Trinajstić information content (AvgIpc) is 3.23. The van der Waals surface area contributed by atoms with Crippen molar-refractivity contribution in [3.8, 4) is 11.3 Å². The number of anilines is 1. The van der Waals surface area contributed by atoms with Gasteiger partial charge >= 0.3 is 0 Å². The van der Waals surface area contributed by atoms with E-state index in [4.69, 9.17) is 4.98 Å². The van der Waals surface area contributed by atoms with Crippen molar-refractivity contribution in [1.82, 2.24) is 20.1 Å². The van der Waals surface area contributed by atoms with E-state index < -0.39 is 0 Å². The maximum absolute atomic E-state index is 13.4. The van der Waals surface area contributed by atoms with E-state index in [1.54, 1.807) is 36.5 Å². The van der Waals surface area contributed by atoms with E-state index in [1.807, 2.05) is 56.6 Å². The lowest BCUT2D eigenvalue weighted by Crippen LogP contribution is -2.22. The van der Waals surface area contributed by atoms with Gasteiger partial charge in [0.1, 0.15) is 0 Å². The van der Waals surface area contributed by atoms with Crippen LogP contribution in [0.4, 0.5) is 5.69 Å². The number of rotatable bonds is 6. The van der Waals surface area contributed by atoms with Crippen LogP contribution in [-0.2, 0) is 0 Å². The Hall–Kier alpha value is -4.00. The van der Waals surface area contributed by atoms with Gasteiger partial charge in [-0.05, 0) is 57.5 Å². The SMILES string of the molecule is CCNC(=O)c1cccc(NC(=O)c2cc(-c3ccccc3C)nc3c2cnn3C(C)C)c1. The molecule has 2 amide bonds. The molecule has 2 aromatic heterocycles. The first kappa shape index (κ1) is 22.2. The predicted molar refractivity (Wildman–Crippen MR) is 130 cm³/mol. The topological polar surface area (TPSA) is 88.9 Å². The molecule has 2 heterocycles. The fourth-order valence-corrected chi connectivity index (χ4v) is 3.78. The van der Waals surface area contributed by atoms with E-state index in [2.05, 4.69) is 15.7 Å². The lowest BCUT2D eigenvalue weighted by atomic mass is 10.0. The third-order valence-corrected chi connectivity index (χ3v) is 5.44. The van der Waals surface area contributed by atoms with Crippen LogP contribution in [0.15, 0.2) is 60.8 Å². The van der Waals surface area contributed by atoms with Crippen molar-refractivity contribution in [2.45, 2.75) is 33.7 Å². The number of aryl methyl sites for hydroxylation is 1. The molecule has 7 nitrogen and oxygen atoms in total. The molecule has 0 spiro atoms. The second-order valence-electron chi connectivity index (χ2n) is 8.18. The molecule has 2 N–H and O–H groups in total. The summed E-state index contributed by atoms with van der Waals surface area (Å²) in [6, 6.07) is 16.7. The van der Waals surface area contributed by atoms with Gasteiger partial charge in [0.25, 0.3) is 11.8 Å². The molecule has 0 bridgehead atoms. The molecule has 0 unspecified atom stereocenters. The molecule has 0 saturated heterocycles. The molecule has 0 aliphatic heterocycles. The van der Waals surface area contributed by atoms with Crippen LogP contribution in [0, 0.1) is 6.92 Å². The van der Waals surface area contributed by atoms with Gasteiger partial charge in [-0.25, -0.2) is 9.67 Å². The number of hydrogen-bond acceptors (Lipinski definition) is 4. The summed E-state index contributed by atoms with van der Waals surface area (Å²) in [5, 5.41) is 10.9. The Morgan fingerprint density at radius 3 is 2.55 bits per heavy atom. The molecular weight excluding hydrogens is 414 g/mol. The van der Waals surface area contributed by atoms with Gasteiger partial charge in [-0.15, -0.1) is 0 Å². The molecule has 0 fully saturated rings. The zero-order valence-corrected chi connectivity index (χ0v) is 19.2. The minimum absolute atomic E-state index is 0.0896. The number of aromatic nitrogens is 3. The van der Waals surface area contributed by atoms with Gasteiger partial charge in [0.15, 0.2) is 5.65 Å². The number of amides is 2. The summed E-state index contributed by atoms with van der Waals surface area (Å²) < 4.78 is 1.82. The van der Waals surface area contributed by atoms with Crippen molar-refractivity contribution in [1.29, 1.82) is 0 Å². The highest BCUT2D eigenvalue weighted by atomic mass is 16.2. The number of carbonyl (C=O) groups is 2. The molecule has 33 heavy (non-hydrogen) atoms. The zero-order chi connectivity index (χ0) is 23.5. The van der Waals surface area contributed by atoms with Crippen LogP contribution in [0.25, 0.3) is 22.3 Å². The van der Waals surface area contributed by atoms with E-state index >= 15 is 0 Å². The van der Waals surface area contributed by atoms with Crippen molar-refractivity contribution >= 4 is 28.5 Å². The monoisotopic (exact) mass is 441 g/mol. The standard InChI is InChI=1S/C26H27N5O2/c1-5-27-25(32)18-10-8-11-19(13-18)29-26(33)21-14-23(20-12-7-6-9-17(20)4)30-24-22(21)15-28-31(24)16(2)3/h6-16H,5H2,1-4H3,(H,27,32)(H,29,33). The Bertz CT molecular complexity index is 1340. The molecule has 0 saturated carbocycles. The van der Waals surface area contributed by atoms with Gasteiger partial charge in [-0.1, -0.05) is 30.3 Å². The number of carbonyl (C=O) groups excluding carboxylic acids is 2. The summed E-state index contributed by atoms with van der Waals surface area (Å²) in [6.45, 7) is 8.48. The normalized spacial score (nSPS) is 11.1. The number of hydrogen-bond donors (Lipinski definition) is 2. The molecule has 4 rings (SSSR count). The van der Waals surface area contributed by atoms with Crippen LogP contribution in [0.2, 0.25) is 0 Å². The summed E-state index contributed by atoms with van der Waals surface area (Å²) in [4.78, 5) is 30.5. The second-order valence-corrected chi connectivity index (χ2v) is 8.18. The van der Waals surface area contributed by atoms with Crippen LogP contribution in [-0.4, -0.2) is 33.1 Å². The fraction of sp³-hybridized carbons (Fsp3) is 0.231. The van der Waals surface area contributed by atoms with E-state index in [9.17, 15) is 9.59 Å². The van der Waals surface area contributed by atoms with Crippen LogP contribution in [0.5, 0.6) is 0 Å². The molecule has 0 aliphatic rings. The first-order valence-electron chi connectivity index (χ1n) is 11.0. The predicted octanol–water partition coefficient (Wildman–Crippen LogP) is 4.99. The Labute approximate surface area is 192 Å². The fourth-order valence-electron chi connectivity index (χ4n) is 3.78. The quantitative estimate of drug-likeness (QED) is 0.441. The number of fused-ring (bicyclic) bond motifs is 1. The first-order valence-corrected chi connectivity index (χ1v) is 11.0. The lowest BCUT2D eigenvalue weighted by molar-refractivity contribution is 0.0954. The number of benzene rings is 2. The Morgan fingerprint density at radius 1 is 1.03 bits per heavy atom. The van der Waals surface area contributed by atoms with E-state index in [0.717, 1.165) is 11.1 Å². The molecule has 4 aromatic rings. The minimum Gasteiger partial charge on any atom is -0.352 e. The molecule has 168 valence electrons. The smallest absolute Gasteiger partial charge is 0.256 e. The molecular formula is C26H27N5O2. The summed E-state index contributed by atoms with van der Waals surface area (Å²) in [6.07, 6.45) is 1.68. The van der Waals surface area contributed by atoms with Gasteiger partial charge in [-0.3, -0.25) is 9.59 Å². The third-order valence-electron chi connectivity index (χ3n) is 5.44. The van der Waals surface area contributed by atoms with Gasteiger partial charge in [0, 0.05) is 29.4 Å². The zero-order valence-electron chi connectivity index (χ0n) is 19.2. The van der Waals surface area contributed by atoms with Gasteiger partial charge in [-0.2, -0.15) is 5.10 Å². The van der Waals surface area contributed by atoms with E-state index in [0.29, 0.717) is 40.1 Å². The Morgan fingerprint density at radius 2 is 1.82 bits per heavy atom. The number of pyridine rings is 1. The Balaban J connectivity index is 1.78. The van der Waals surface area contributed by atoms with Crippen molar-refractivity contribution < 1.29 is 9.59 Å². The van der Waals surface area contributed by atoms with E-state index in [-0.39, 0.29) is 17.9 Å². The highest BCUT2D eigenvalue weighted by Crippen LogP contribution is 2.28. The first-order chi connectivity index (χ1) is 15.9. The highest BCUT2D eigenvalue weighted by Gasteiger charge is 2.19. The molecule has 0 radical (unpaired) electrons. The average molecular weight is 442 g/mol. The summed E-state index contributed by atoms with van der Waals surface area (Å²) in [5.41, 5.74) is 4.92. The summed E-state index contributed by atoms with van der Waals surface area (Å²) in [5.74, 6) is -0.464. The molecule has 7 heteroatoms. The summed E-state index contributed by atoms with van der Waals surface area (Å²) >= 11 is 0. The van der Waals surface area contributed by atoms with Gasteiger partial charge in [0.05, 0.1) is 22.8 Å². The summed E-state index contributed by atoms with van der Waals surface area (Å²) in [7, 11) is 0. The molecule has 2 aromatic carbocycles. The molecule has 0 atom stereocenters. The number of nitrogens with one attached hydrogen (secondary N) is 2. The molecule has 0 aliphatic carbocycles. The lowest BCUT2D eigenvalue weighted by Gasteiger charge is -2.12.